The molecule has 0 unspecified atom stereocenters. The average Bonchev–Trinajstić information content (AvgIpc) is 2.99. The zero-order valence-electron chi connectivity index (χ0n) is 9.63. The summed E-state index contributed by atoms with van der Waals surface area (Å²) in [5.41, 5.74) is 0. The summed E-state index contributed by atoms with van der Waals surface area (Å²) >= 11 is 5.01. The summed E-state index contributed by atoms with van der Waals surface area (Å²) in [4.78, 5) is 3.24. The van der Waals surface area contributed by atoms with Gasteiger partial charge >= 0.3 is 0 Å². The van der Waals surface area contributed by atoms with Crippen LogP contribution >= 0.6 is 27.3 Å². The monoisotopic (exact) mass is 329 g/mol. The maximum absolute atomic E-state index is 5.67. The molecule has 0 aromatic carbocycles. The number of morpholine rings is 1. The van der Waals surface area contributed by atoms with Crippen molar-refractivity contribution in [3.8, 4) is 10.8 Å². The largest absolute Gasteiger partial charge is 0.419 e. The molecule has 1 saturated heterocycles. The van der Waals surface area contributed by atoms with Gasteiger partial charge < -0.3 is 9.15 Å². The predicted octanol–water partition coefficient (Wildman–Crippen LogP) is 2.39. The first-order valence-corrected chi connectivity index (χ1v) is 7.30. The molecule has 1 fully saturated rings. The number of rotatable bonds is 3. The van der Waals surface area contributed by atoms with Crippen molar-refractivity contribution < 1.29 is 9.15 Å². The molecule has 3 heterocycles. The summed E-state index contributed by atoms with van der Waals surface area (Å²) in [6.07, 6.45) is 0. The quantitative estimate of drug-likeness (QED) is 0.865. The van der Waals surface area contributed by atoms with Gasteiger partial charge in [-0.3, -0.25) is 4.90 Å². The van der Waals surface area contributed by atoms with Crippen LogP contribution in [-0.4, -0.2) is 41.4 Å². The van der Waals surface area contributed by atoms with Crippen LogP contribution in [0.2, 0.25) is 0 Å². The second kappa shape index (κ2) is 5.48. The van der Waals surface area contributed by atoms with E-state index in [2.05, 4.69) is 31.0 Å². The van der Waals surface area contributed by atoms with Gasteiger partial charge in [0.15, 0.2) is 0 Å². The minimum Gasteiger partial charge on any atom is -0.419 e. The van der Waals surface area contributed by atoms with E-state index in [1.807, 2.05) is 12.1 Å². The van der Waals surface area contributed by atoms with Crippen molar-refractivity contribution in [3.05, 3.63) is 21.8 Å². The molecule has 0 amide bonds. The minimum atomic E-state index is 0.592. The molecule has 0 spiro atoms. The zero-order chi connectivity index (χ0) is 12.4. The van der Waals surface area contributed by atoms with E-state index in [1.165, 1.54) is 0 Å². The molecule has 2 aromatic rings. The fourth-order valence-corrected chi connectivity index (χ4v) is 3.10. The second-order valence-corrected chi connectivity index (χ2v) is 6.46. The third-order valence-electron chi connectivity index (χ3n) is 2.71. The smallest absolute Gasteiger partial charge is 0.257 e. The first-order chi connectivity index (χ1) is 8.81. The van der Waals surface area contributed by atoms with Crippen LogP contribution in [0.25, 0.3) is 10.8 Å². The molecule has 0 bridgehead atoms. The normalized spacial score (nSPS) is 17.2. The number of nitrogens with zero attached hydrogens (tertiary/aromatic N) is 3. The number of hydrogen-bond donors (Lipinski definition) is 0. The maximum Gasteiger partial charge on any atom is 0.257 e. The summed E-state index contributed by atoms with van der Waals surface area (Å²) in [5.74, 6) is 1.25. The van der Waals surface area contributed by atoms with Gasteiger partial charge in [-0.2, -0.15) is 0 Å². The van der Waals surface area contributed by atoms with Crippen LogP contribution < -0.4 is 0 Å². The van der Waals surface area contributed by atoms with Crippen LogP contribution in [0.5, 0.6) is 0 Å². The molecule has 7 heteroatoms. The minimum absolute atomic E-state index is 0.592. The Balaban J connectivity index is 1.69. The van der Waals surface area contributed by atoms with E-state index in [0.717, 1.165) is 35.0 Å². The lowest BCUT2D eigenvalue weighted by Gasteiger charge is -2.24. The van der Waals surface area contributed by atoms with E-state index in [-0.39, 0.29) is 0 Å². The van der Waals surface area contributed by atoms with Gasteiger partial charge in [-0.05, 0) is 28.1 Å². The van der Waals surface area contributed by atoms with Crippen molar-refractivity contribution in [1.29, 1.82) is 0 Å². The molecule has 2 aromatic heterocycles. The zero-order valence-corrected chi connectivity index (χ0v) is 12.0. The van der Waals surface area contributed by atoms with E-state index in [9.17, 15) is 0 Å². The lowest BCUT2D eigenvalue weighted by atomic mass is 10.4. The van der Waals surface area contributed by atoms with Gasteiger partial charge in [-0.25, -0.2) is 0 Å². The highest BCUT2D eigenvalue weighted by Crippen LogP contribution is 2.30. The van der Waals surface area contributed by atoms with Gasteiger partial charge in [0, 0.05) is 13.1 Å². The summed E-state index contributed by atoms with van der Waals surface area (Å²) < 4.78 is 12.0. The van der Waals surface area contributed by atoms with Crippen LogP contribution in [0.4, 0.5) is 0 Å². The Morgan fingerprint density at radius 2 is 2.11 bits per heavy atom. The molecular weight excluding hydrogens is 318 g/mol. The van der Waals surface area contributed by atoms with Gasteiger partial charge in [0.05, 0.1) is 28.4 Å². The number of aromatic nitrogens is 2. The van der Waals surface area contributed by atoms with E-state index in [0.29, 0.717) is 18.3 Å². The molecular formula is C11H12BrN3O2S. The van der Waals surface area contributed by atoms with Crippen LogP contribution in [0.3, 0.4) is 0 Å². The summed E-state index contributed by atoms with van der Waals surface area (Å²) in [5, 5.41) is 8.17. The molecule has 1 aliphatic rings. The summed E-state index contributed by atoms with van der Waals surface area (Å²) in [6, 6.07) is 3.95. The van der Waals surface area contributed by atoms with Crippen molar-refractivity contribution in [3.63, 3.8) is 0 Å². The van der Waals surface area contributed by atoms with Gasteiger partial charge in [0.1, 0.15) is 0 Å². The Morgan fingerprint density at radius 3 is 2.83 bits per heavy atom. The Hall–Kier alpha value is -0.760. The number of ether oxygens (including phenoxy) is 1. The molecule has 1 aliphatic heterocycles. The van der Waals surface area contributed by atoms with E-state index in [4.69, 9.17) is 9.15 Å². The van der Waals surface area contributed by atoms with E-state index in [1.54, 1.807) is 11.3 Å². The molecule has 5 nitrogen and oxygen atoms in total. The van der Waals surface area contributed by atoms with Crippen LogP contribution in [0.1, 0.15) is 5.89 Å². The number of halogens is 1. The molecule has 0 aliphatic carbocycles. The highest BCUT2D eigenvalue weighted by molar-refractivity contribution is 9.11. The lowest BCUT2D eigenvalue weighted by Crippen LogP contribution is -2.35. The van der Waals surface area contributed by atoms with Crippen molar-refractivity contribution in [2.45, 2.75) is 6.54 Å². The fraction of sp³-hybridized carbons (Fsp3) is 0.455. The molecule has 0 saturated carbocycles. The molecule has 96 valence electrons. The van der Waals surface area contributed by atoms with Gasteiger partial charge in [0.25, 0.3) is 5.89 Å². The SMILES string of the molecule is Brc1ccc(-c2nnc(CN3CCOCC3)o2)s1. The van der Waals surface area contributed by atoms with Gasteiger partial charge in [-0.1, -0.05) is 0 Å². The van der Waals surface area contributed by atoms with E-state index >= 15 is 0 Å². The van der Waals surface area contributed by atoms with Crippen LogP contribution in [0.15, 0.2) is 20.3 Å². The Kier molecular flexibility index (Phi) is 3.74. The fourth-order valence-electron chi connectivity index (χ4n) is 1.80. The summed E-state index contributed by atoms with van der Waals surface area (Å²) in [6.45, 7) is 4.09. The molecule has 0 radical (unpaired) electrons. The summed E-state index contributed by atoms with van der Waals surface area (Å²) in [7, 11) is 0. The predicted molar refractivity (Wildman–Crippen MR) is 71.4 cm³/mol. The van der Waals surface area contributed by atoms with Crippen molar-refractivity contribution >= 4 is 27.3 Å². The number of hydrogen-bond acceptors (Lipinski definition) is 6. The van der Waals surface area contributed by atoms with Crippen molar-refractivity contribution in [2.75, 3.05) is 26.3 Å². The lowest BCUT2D eigenvalue weighted by molar-refractivity contribution is 0.0306. The molecule has 18 heavy (non-hydrogen) atoms. The maximum atomic E-state index is 5.67. The first-order valence-electron chi connectivity index (χ1n) is 5.69. The van der Waals surface area contributed by atoms with Crippen molar-refractivity contribution in [2.24, 2.45) is 0 Å². The van der Waals surface area contributed by atoms with E-state index < -0.39 is 0 Å². The molecule has 3 rings (SSSR count). The third-order valence-corrected chi connectivity index (χ3v) is 4.33. The van der Waals surface area contributed by atoms with Crippen molar-refractivity contribution in [1.82, 2.24) is 15.1 Å². The Labute approximate surface area is 117 Å². The number of thiophene rings is 1. The van der Waals surface area contributed by atoms with Crippen LogP contribution in [-0.2, 0) is 11.3 Å². The highest BCUT2D eigenvalue weighted by Gasteiger charge is 2.16. The Morgan fingerprint density at radius 1 is 1.28 bits per heavy atom. The standard InChI is InChI=1S/C11H12BrN3O2S/c12-9-2-1-8(18-9)11-14-13-10(17-11)7-15-3-5-16-6-4-15/h1-2H,3-7H2. The van der Waals surface area contributed by atoms with Gasteiger partial charge in [0.2, 0.25) is 5.89 Å². The Bertz CT molecular complexity index is 522. The third kappa shape index (κ3) is 2.80. The average molecular weight is 330 g/mol. The topological polar surface area (TPSA) is 51.4 Å². The highest BCUT2D eigenvalue weighted by atomic mass is 79.9. The molecule has 0 atom stereocenters. The van der Waals surface area contributed by atoms with Crippen LogP contribution in [0, 0.1) is 0 Å². The first kappa shape index (κ1) is 12.3. The molecule has 0 N–H and O–H groups in total. The second-order valence-electron chi connectivity index (χ2n) is 3.99. The van der Waals surface area contributed by atoms with Gasteiger partial charge in [-0.15, -0.1) is 21.5 Å².